The smallest absolute Gasteiger partial charge is 0.194 e. The monoisotopic (exact) mass is 360 g/mol. The highest BCUT2D eigenvalue weighted by Crippen LogP contribution is 2.27. The van der Waals surface area contributed by atoms with Crippen molar-refractivity contribution in [3.63, 3.8) is 0 Å². The van der Waals surface area contributed by atoms with Crippen molar-refractivity contribution in [2.75, 3.05) is 20.1 Å². The Morgan fingerprint density at radius 3 is 2.88 bits per heavy atom. The lowest BCUT2D eigenvalue weighted by atomic mass is 10.0. The number of hydrogen-bond acceptors (Lipinski definition) is 4. The number of rotatable bonds is 4. The molecule has 1 N–H and O–H groups in total. The summed E-state index contributed by atoms with van der Waals surface area (Å²) in [6, 6.07) is 0. The molecule has 1 aliphatic rings. The number of nitrogens with zero attached hydrogens (tertiary/aromatic N) is 5. The fourth-order valence-corrected chi connectivity index (χ4v) is 4.47. The van der Waals surface area contributed by atoms with Crippen LogP contribution in [0.5, 0.6) is 0 Å². The molecule has 1 unspecified atom stereocenters. The van der Waals surface area contributed by atoms with E-state index in [0.29, 0.717) is 11.8 Å². The van der Waals surface area contributed by atoms with Gasteiger partial charge in [-0.15, -0.1) is 11.3 Å². The number of nitrogens with one attached hydrogen (secondary N) is 1. The van der Waals surface area contributed by atoms with E-state index in [1.807, 2.05) is 25.0 Å². The van der Waals surface area contributed by atoms with E-state index in [9.17, 15) is 0 Å². The molecular formula is C18H28N6S. The van der Waals surface area contributed by atoms with E-state index in [1.165, 1.54) is 16.1 Å². The first-order valence-corrected chi connectivity index (χ1v) is 9.70. The molecule has 1 atom stereocenters. The fourth-order valence-electron chi connectivity index (χ4n) is 3.44. The van der Waals surface area contributed by atoms with Crippen LogP contribution in [0, 0.1) is 6.92 Å². The molecule has 2 aromatic heterocycles. The second-order valence-corrected chi connectivity index (χ2v) is 8.27. The first-order chi connectivity index (χ1) is 12.0. The molecule has 6 nitrogen and oxygen atoms in total. The van der Waals surface area contributed by atoms with Crippen LogP contribution in [0.3, 0.4) is 0 Å². The molecule has 7 heteroatoms. The van der Waals surface area contributed by atoms with Crippen molar-refractivity contribution in [2.24, 2.45) is 12.0 Å². The van der Waals surface area contributed by atoms with Crippen molar-refractivity contribution in [2.45, 2.75) is 45.6 Å². The summed E-state index contributed by atoms with van der Waals surface area (Å²) in [7, 11) is 3.82. The quantitative estimate of drug-likeness (QED) is 0.673. The van der Waals surface area contributed by atoms with E-state index in [2.05, 4.69) is 47.3 Å². The van der Waals surface area contributed by atoms with Gasteiger partial charge in [0, 0.05) is 44.2 Å². The lowest BCUT2D eigenvalue weighted by Gasteiger charge is -2.21. The van der Waals surface area contributed by atoms with E-state index < -0.39 is 0 Å². The standard InChI is InChI=1S/C18H28N6S/c1-12(2)17-13(3)25-16(22-17)9-20-18(19-4)24-7-6-14(11-24)15-8-21-23(5)10-15/h8,10,12,14H,6-7,9,11H2,1-5H3,(H,19,20). The van der Waals surface area contributed by atoms with Gasteiger partial charge in [-0.3, -0.25) is 9.67 Å². The summed E-state index contributed by atoms with van der Waals surface area (Å²) < 4.78 is 1.88. The number of aryl methyl sites for hydroxylation is 2. The van der Waals surface area contributed by atoms with Crippen LogP contribution in [-0.4, -0.2) is 45.8 Å². The Bertz CT molecular complexity index is 745. The van der Waals surface area contributed by atoms with Crippen molar-refractivity contribution in [1.82, 2.24) is 25.0 Å². The minimum atomic E-state index is 0.475. The third-order valence-electron chi connectivity index (χ3n) is 4.72. The number of aliphatic imine (C=N–C) groups is 1. The van der Waals surface area contributed by atoms with Crippen LogP contribution in [-0.2, 0) is 13.6 Å². The lowest BCUT2D eigenvalue weighted by Crippen LogP contribution is -2.39. The highest BCUT2D eigenvalue weighted by Gasteiger charge is 2.27. The Hall–Kier alpha value is -1.89. The molecule has 1 aliphatic heterocycles. The topological polar surface area (TPSA) is 58.3 Å². The molecule has 25 heavy (non-hydrogen) atoms. The second-order valence-electron chi connectivity index (χ2n) is 6.98. The average molecular weight is 361 g/mol. The van der Waals surface area contributed by atoms with Crippen molar-refractivity contribution in [3.05, 3.63) is 33.5 Å². The maximum Gasteiger partial charge on any atom is 0.194 e. The molecule has 0 amide bonds. The van der Waals surface area contributed by atoms with Crippen LogP contribution in [0.1, 0.15) is 53.2 Å². The molecule has 2 aromatic rings. The maximum absolute atomic E-state index is 4.78. The van der Waals surface area contributed by atoms with Gasteiger partial charge < -0.3 is 10.2 Å². The Morgan fingerprint density at radius 1 is 1.48 bits per heavy atom. The van der Waals surface area contributed by atoms with Gasteiger partial charge >= 0.3 is 0 Å². The molecule has 3 heterocycles. The van der Waals surface area contributed by atoms with Gasteiger partial charge in [-0.05, 0) is 24.8 Å². The normalized spacial score (nSPS) is 18.4. The summed E-state index contributed by atoms with van der Waals surface area (Å²) in [6.45, 7) is 9.29. The zero-order valence-corrected chi connectivity index (χ0v) is 16.6. The molecule has 3 rings (SSSR count). The van der Waals surface area contributed by atoms with Gasteiger partial charge in [0.15, 0.2) is 5.96 Å². The Balaban J connectivity index is 1.59. The van der Waals surface area contributed by atoms with Gasteiger partial charge in [-0.2, -0.15) is 5.10 Å². The number of aromatic nitrogens is 3. The summed E-state index contributed by atoms with van der Waals surface area (Å²) in [5, 5.41) is 8.91. The van der Waals surface area contributed by atoms with Crippen LogP contribution in [0.4, 0.5) is 0 Å². The summed E-state index contributed by atoms with van der Waals surface area (Å²) >= 11 is 1.78. The van der Waals surface area contributed by atoms with E-state index in [4.69, 9.17) is 4.98 Å². The minimum Gasteiger partial charge on any atom is -0.350 e. The Kier molecular flexibility index (Phi) is 5.42. The van der Waals surface area contributed by atoms with Crippen LogP contribution < -0.4 is 5.32 Å². The number of thiazole rings is 1. The summed E-state index contributed by atoms with van der Waals surface area (Å²) in [5.41, 5.74) is 2.53. The van der Waals surface area contributed by atoms with Gasteiger partial charge in [0.05, 0.1) is 18.4 Å². The van der Waals surface area contributed by atoms with E-state index >= 15 is 0 Å². The molecule has 0 aliphatic carbocycles. The third kappa shape index (κ3) is 4.03. The third-order valence-corrected chi connectivity index (χ3v) is 5.70. The van der Waals surface area contributed by atoms with Gasteiger partial charge in [-0.1, -0.05) is 13.8 Å². The van der Waals surface area contributed by atoms with Crippen LogP contribution in [0.2, 0.25) is 0 Å². The predicted molar refractivity (Wildman–Crippen MR) is 103 cm³/mol. The van der Waals surface area contributed by atoms with E-state index in [1.54, 1.807) is 11.3 Å². The molecule has 1 saturated heterocycles. The second kappa shape index (κ2) is 7.56. The first-order valence-electron chi connectivity index (χ1n) is 8.88. The summed E-state index contributed by atoms with van der Waals surface area (Å²) in [4.78, 5) is 12.9. The summed E-state index contributed by atoms with van der Waals surface area (Å²) in [5.74, 6) is 1.97. The lowest BCUT2D eigenvalue weighted by molar-refractivity contribution is 0.485. The molecule has 0 bridgehead atoms. The molecule has 0 spiro atoms. The van der Waals surface area contributed by atoms with E-state index in [0.717, 1.165) is 37.0 Å². The van der Waals surface area contributed by atoms with Crippen LogP contribution in [0.25, 0.3) is 0 Å². The minimum absolute atomic E-state index is 0.475. The highest BCUT2D eigenvalue weighted by atomic mass is 32.1. The van der Waals surface area contributed by atoms with Gasteiger partial charge in [0.1, 0.15) is 5.01 Å². The van der Waals surface area contributed by atoms with Crippen molar-refractivity contribution >= 4 is 17.3 Å². The molecule has 0 saturated carbocycles. The highest BCUT2D eigenvalue weighted by molar-refractivity contribution is 7.11. The molecule has 0 aromatic carbocycles. The Labute approximate surface area is 154 Å². The Morgan fingerprint density at radius 2 is 2.28 bits per heavy atom. The fraction of sp³-hybridized carbons (Fsp3) is 0.611. The van der Waals surface area contributed by atoms with Gasteiger partial charge in [-0.25, -0.2) is 4.98 Å². The van der Waals surface area contributed by atoms with Crippen molar-refractivity contribution < 1.29 is 0 Å². The SMILES string of the molecule is CN=C(NCc1nc(C(C)C)c(C)s1)N1CCC(c2cnn(C)c2)C1. The largest absolute Gasteiger partial charge is 0.350 e. The van der Waals surface area contributed by atoms with Gasteiger partial charge in [0.2, 0.25) is 0 Å². The van der Waals surface area contributed by atoms with E-state index in [-0.39, 0.29) is 0 Å². The molecule has 1 fully saturated rings. The predicted octanol–water partition coefficient (Wildman–Crippen LogP) is 2.87. The number of guanidine groups is 1. The van der Waals surface area contributed by atoms with Crippen molar-refractivity contribution in [3.8, 4) is 0 Å². The molecule has 136 valence electrons. The van der Waals surface area contributed by atoms with Gasteiger partial charge in [0.25, 0.3) is 0 Å². The van der Waals surface area contributed by atoms with Crippen LogP contribution >= 0.6 is 11.3 Å². The zero-order chi connectivity index (χ0) is 18.0. The molecular weight excluding hydrogens is 332 g/mol. The van der Waals surface area contributed by atoms with Crippen LogP contribution in [0.15, 0.2) is 17.4 Å². The maximum atomic E-state index is 4.78. The zero-order valence-electron chi connectivity index (χ0n) is 15.8. The summed E-state index contributed by atoms with van der Waals surface area (Å²) in [6.07, 6.45) is 5.24. The average Bonchev–Trinajstić information content (AvgIpc) is 3.28. The molecule has 0 radical (unpaired) electrons. The number of hydrogen-bond donors (Lipinski definition) is 1. The number of likely N-dealkylation sites (tertiary alicyclic amines) is 1. The van der Waals surface area contributed by atoms with Crippen molar-refractivity contribution in [1.29, 1.82) is 0 Å². The first kappa shape index (κ1) is 17.9.